The van der Waals surface area contributed by atoms with E-state index in [1.165, 1.54) is 31.2 Å². The molecule has 0 unspecified atom stereocenters. The van der Waals surface area contributed by atoms with Crippen molar-refractivity contribution in [2.24, 2.45) is 0 Å². The lowest BCUT2D eigenvalue weighted by Gasteiger charge is -2.13. The fourth-order valence-electron chi connectivity index (χ4n) is 2.00. The van der Waals surface area contributed by atoms with Crippen LogP contribution in [0.1, 0.15) is 27.6 Å². The lowest BCUT2D eigenvalue weighted by atomic mass is 10.1. The number of rotatable bonds is 6. The molecular formula is C18H15ClFNO4. The molecule has 5 nitrogen and oxygen atoms in total. The summed E-state index contributed by atoms with van der Waals surface area (Å²) < 4.78 is 17.8. The number of carbonyl (C=O) groups is 3. The van der Waals surface area contributed by atoms with Gasteiger partial charge in [-0.05, 0) is 55.5 Å². The van der Waals surface area contributed by atoms with Crippen molar-refractivity contribution in [1.82, 2.24) is 5.32 Å². The number of hydrogen-bond acceptors (Lipinski definition) is 4. The topological polar surface area (TPSA) is 72.5 Å². The Morgan fingerprint density at radius 1 is 1.04 bits per heavy atom. The summed E-state index contributed by atoms with van der Waals surface area (Å²) in [5, 5.41) is 2.88. The van der Waals surface area contributed by atoms with Crippen molar-refractivity contribution in [3.8, 4) is 0 Å². The SMILES string of the molecule is C[C@H](OC(=O)CNC(=O)c1ccc(Cl)cc1)C(=O)c1ccc(F)cc1. The van der Waals surface area contributed by atoms with Gasteiger partial charge in [-0.3, -0.25) is 14.4 Å². The molecule has 0 saturated carbocycles. The molecule has 0 bridgehead atoms. The van der Waals surface area contributed by atoms with Crippen LogP contribution in [-0.4, -0.2) is 30.3 Å². The minimum atomic E-state index is -1.05. The highest BCUT2D eigenvalue weighted by Crippen LogP contribution is 2.10. The number of esters is 1. The van der Waals surface area contributed by atoms with Gasteiger partial charge in [0.05, 0.1) is 0 Å². The van der Waals surface area contributed by atoms with Gasteiger partial charge in [-0.2, -0.15) is 0 Å². The molecule has 130 valence electrons. The van der Waals surface area contributed by atoms with E-state index in [1.54, 1.807) is 12.1 Å². The lowest BCUT2D eigenvalue weighted by Crippen LogP contribution is -2.34. The highest BCUT2D eigenvalue weighted by molar-refractivity contribution is 6.30. The molecule has 0 heterocycles. The average molecular weight is 364 g/mol. The first kappa shape index (κ1) is 18.6. The Morgan fingerprint density at radius 2 is 1.60 bits per heavy atom. The van der Waals surface area contributed by atoms with Crippen LogP contribution in [0.2, 0.25) is 5.02 Å². The molecule has 0 fully saturated rings. The number of ketones is 1. The van der Waals surface area contributed by atoms with E-state index in [1.807, 2.05) is 0 Å². The summed E-state index contributed by atoms with van der Waals surface area (Å²) in [5.74, 6) is -2.15. The number of halogens is 2. The van der Waals surface area contributed by atoms with Gasteiger partial charge in [0.25, 0.3) is 5.91 Å². The summed E-state index contributed by atoms with van der Waals surface area (Å²) >= 11 is 5.73. The maximum absolute atomic E-state index is 12.9. The van der Waals surface area contributed by atoms with E-state index in [-0.39, 0.29) is 12.1 Å². The molecule has 0 radical (unpaired) electrons. The van der Waals surface area contributed by atoms with Gasteiger partial charge in [0.15, 0.2) is 6.10 Å². The van der Waals surface area contributed by atoms with Crippen LogP contribution in [-0.2, 0) is 9.53 Å². The molecule has 7 heteroatoms. The average Bonchev–Trinajstić information content (AvgIpc) is 2.60. The second-order valence-electron chi connectivity index (χ2n) is 5.19. The van der Waals surface area contributed by atoms with Crippen LogP contribution in [0.15, 0.2) is 48.5 Å². The molecule has 1 N–H and O–H groups in total. The molecule has 0 aliphatic rings. The van der Waals surface area contributed by atoms with Gasteiger partial charge in [0.1, 0.15) is 12.4 Å². The Labute approximate surface area is 148 Å². The smallest absolute Gasteiger partial charge is 0.326 e. The van der Waals surface area contributed by atoms with Crippen molar-refractivity contribution < 1.29 is 23.5 Å². The van der Waals surface area contributed by atoms with Crippen LogP contribution < -0.4 is 5.32 Å². The van der Waals surface area contributed by atoms with E-state index in [9.17, 15) is 18.8 Å². The molecule has 2 rings (SSSR count). The molecule has 2 aromatic rings. The Kier molecular flexibility index (Phi) is 6.25. The minimum absolute atomic E-state index is 0.229. The molecule has 2 aromatic carbocycles. The maximum atomic E-state index is 12.9. The molecule has 0 saturated heterocycles. The fraction of sp³-hybridized carbons (Fsp3) is 0.167. The van der Waals surface area contributed by atoms with E-state index in [4.69, 9.17) is 16.3 Å². The zero-order chi connectivity index (χ0) is 18.4. The van der Waals surface area contributed by atoms with Gasteiger partial charge >= 0.3 is 5.97 Å². The summed E-state index contributed by atoms with van der Waals surface area (Å²) in [4.78, 5) is 35.7. The van der Waals surface area contributed by atoms with Crippen molar-refractivity contribution >= 4 is 29.3 Å². The zero-order valence-corrected chi connectivity index (χ0v) is 14.0. The summed E-state index contributed by atoms with van der Waals surface area (Å²) in [5.41, 5.74) is 0.569. The number of nitrogens with one attached hydrogen (secondary N) is 1. The third kappa shape index (κ3) is 5.39. The largest absolute Gasteiger partial charge is 0.453 e. The summed E-state index contributed by atoms with van der Waals surface area (Å²) in [7, 11) is 0. The molecule has 1 amide bonds. The fourth-order valence-corrected chi connectivity index (χ4v) is 2.12. The third-order valence-corrected chi connectivity index (χ3v) is 3.56. The van der Waals surface area contributed by atoms with Crippen LogP contribution in [0.5, 0.6) is 0 Å². The zero-order valence-electron chi connectivity index (χ0n) is 13.3. The summed E-state index contributed by atoms with van der Waals surface area (Å²) in [6.07, 6.45) is -1.05. The molecule has 0 aliphatic carbocycles. The van der Waals surface area contributed by atoms with Crippen LogP contribution in [0.3, 0.4) is 0 Å². The molecule has 0 aliphatic heterocycles. The van der Waals surface area contributed by atoms with E-state index in [2.05, 4.69) is 5.32 Å². The van der Waals surface area contributed by atoms with Gasteiger partial charge in [-0.25, -0.2) is 4.39 Å². The molecule has 1 atom stereocenters. The Hall–Kier alpha value is -2.73. The van der Waals surface area contributed by atoms with E-state index in [0.717, 1.165) is 12.1 Å². The molecule has 0 aromatic heterocycles. The Bertz CT molecular complexity index is 775. The normalized spacial score (nSPS) is 11.5. The van der Waals surface area contributed by atoms with Crippen molar-refractivity contribution in [2.75, 3.05) is 6.54 Å². The first-order chi connectivity index (χ1) is 11.9. The van der Waals surface area contributed by atoms with Crippen LogP contribution >= 0.6 is 11.6 Å². The summed E-state index contributed by atoms with van der Waals surface area (Å²) in [6, 6.07) is 11.1. The number of benzene rings is 2. The quantitative estimate of drug-likeness (QED) is 0.632. The van der Waals surface area contributed by atoms with Crippen LogP contribution in [0.4, 0.5) is 4.39 Å². The first-order valence-corrected chi connectivity index (χ1v) is 7.77. The van der Waals surface area contributed by atoms with Crippen molar-refractivity contribution in [2.45, 2.75) is 13.0 Å². The summed E-state index contributed by atoms with van der Waals surface area (Å²) in [6.45, 7) is 1.02. The van der Waals surface area contributed by atoms with Crippen molar-refractivity contribution in [1.29, 1.82) is 0 Å². The molecular weight excluding hydrogens is 349 g/mol. The maximum Gasteiger partial charge on any atom is 0.326 e. The third-order valence-electron chi connectivity index (χ3n) is 3.31. The number of ether oxygens (including phenoxy) is 1. The molecule has 0 spiro atoms. The van der Waals surface area contributed by atoms with Gasteiger partial charge in [0.2, 0.25) is 5.78 Å². The monoisotopic (exact) mass is 363 g/mol. The molecule has 25 heavy (non-hydrogen) atoms. The van der Waals surface area contributed by atoms with Crippen molar-refractivity contribution in [3.05, 3.63) is 70.5 Å². The number of Topliss-reactive ketones (excluding diaryl/α,β-unsaturated/α-hetero) is 1. The second-order valence-corrected chi connectivity index (χ2v) is 5.63. The van der Waals surface area contributed by atoms with Gasteiger partial charge < -0.3 is 10.1 Å². The highest BCUT2D eigenvalue weighted by atomic mass is 35.5. The highest BCUT2D eigenvalue weighted by Gasteiger charge is 2.20. The number of hydrogen-bond donors (Lipinski definition) is 1. The minimum Gasteiger partial charge on any atom is -0.453 e. The Balaban J connectivity index is 1.84. The predicted octanol–water partition coefficient (Wildman–Crippen LogP) is 3.02. The van der Waals surface area contributed by atoms with Gasteiger partial charge in [-0.15, -0.1) is 0 Å². The van der Waals surface area contributed by atoms with Gasteiger partial charge in [0, 0.05) is 16.1 Å². The van der Waals surface area contributed by atoms with E-state index >= 15 is 0 Å². The van der Waals surface area contributed by atoms with Crippen LogP contribution in [0, 0.1) is 5.82 Å². The standard InChI is InChI=1S/C18H15ClFNO4/c1-11(17(23)12-4-8-15(20)9-5-12)25-16(22)10-21-18(24)13-2-6-14(19)7-3-13/h2-9,11H,10H2,1H3,(H,21,24)/t11-/m0/s1. The van der Waals surface area contributed by atoms with E-state index in [0.29, 0.717) is 10.6 Å². The van der Waals surface area contributed by atoms with Gasteiger partial charge in [-0.1, -0.05) is 11.6 Å². The second kappa shape index (κ2) is 8.39. The van der Waals surface area contributed by atoms with Crippen LogP contribution in [0.25, 0.3) is 0 Å². The van der Waals surface area contributed by atoms with E-state index < -0.39 is 29.6 Å². The number of carbonyl (C=O) groups excluding carboxylic acids is 3. The lowest BCUT2D eigenvalue weighted by molar-refractivity contribution is -0.145. The number of amides is 1. The first-order valence-electron chi connectivity index (χ1n) is 7.40. The predicted molar refractivity (Wildman–Crippen MR) is 90.1 cm³/mol. The van der Waals surface area contributed by atoms with Crippen molar-refractivity contribution in [3.63, 3.8) is 0 Å². The Morgan fingerprint density at radius 3 is 2.20 bits per heavy atom.